The summed E-state index contributed by atoms with van der Waals surface area (Å²) < 4.78 is 0. The molecule has 40 heavy (non-hydrogen) atoms. The van der Waals surface area contributed by atoms with Crippen LogP contribution >= 0.6 is 11.3 Å². The number of carbonyl (C=O) groups is 3. The molecule has 1 spiro atoms. The minimum absolute atomic E-state index is 0.0123. The highest BCUT2D eigenvalue weighted by Crippen LogP contribution is 2.71. The predicted molar refractivity (Wildman–Crippen MR) is 156 cm³/mol. The lowest BCUT2D eigenvalue weighted by Gasteiger charge is -2.29. The Balaban J connectivity index is 1.07. The van der Waals surface area contributed by atoms with Crippen molar-refractivity contribution in [2.24, 2.45) is 11.8 Å². The van der Waals surface area contributed by atoms with Gasteiger partial charge in [-0.05, 0) is 83.8 Å². The molecule has 3 atom stereocenters. The van der Waals surface area contributed by atoms with Crippen molar-refractivity contribution in [1.82, 2.24) is 14.9 Å². The number of rotatable bonds is 3. The van der Waals surface area contributed by atoms with E-state index in [9.17, 15) is 14.4 Å². The Bertz CT molecular complexity index is 1990. The highest BCUT2D eigenvalue weighted by Gasteiger charge is 2.73. The van der Waals surface area contributed by atoms with Gasteiger partial charge in [0.1, 0.15) is 11.4 Å². The van der Waals surface area contributed by atoms with Crippen molar-refractivity contribution in [3.8, 4) is 0 Å². The fourth-order valence-electron chi connectivity index (χ4n) is 7.10. The first-order valence-corrected chi connectivity index (χ1v) is 14.1. The minimum atomic E-state index is -0.270. The maximum atomic E-state index is 13.8. The summed E-state index contributed by atoms with van der Waals surface area (Å²) in [6.07, 6.45) is 1.69. The standard InChI is InChI=1S/C31H25N5O3S/c1-14-13-40-28-25(37)11-26-31(27(14)28)15(2)20(31)12-36(26)30(39)24-10-17-8-19(4-6-22(17)35-24)33-29(38)23-9-16-7-18(32)3-5-21(16)34-23/h3-11,13,15,20,34-35H,12,32H2,1-2H3,(H,33,38)/t15-,20?,31?/m0/s1. The molecule has 2 aliphatic carbocycles. The van der Waals surface area contributed by atoms with E-state index in [0.29, 0.717) is 41.1 Å². The van der Waals surface area contributed by atoms with E-state index in [1.807, 2.05) is 30.3 Å². The number of carbonyl (C=O) groups excluding carboxylic acids is 3. The minimum Gasteiger partial charge on any atom is -0.399 e. The van der Waals surface area contributed by atoms with Gasteiger partial charge < -0.3 is 25.9 Å². The van der Waals surface area contributed by atoms with Crippen molar-refractivity contribution in [2.45, 2.75) is 19.3 Å². The van der Waals surface area contributed by atoms with Gasteiger partial charge in [0.25, 0.3) is 11.8 Å². The van der Waals surface area contributed by atoms with Crippen LogP contribution in [0, 0.1) is 18.8 Å². The molecular formula is C31H25N5O3S. The number of likely N-dealkylation sites (tertiary alicyclic amines) is 1. The number of fused-ring (bicyclic) bond motifs is 3. The van der Waals surface area contributed by atoms with E-state index in [0.717, 1.165) is 43.5 Å². The zero-order chi connectivity index (χ0) is 27.5. The summed E-state index contributed by atoms with van der Waals surface area (Å²) in [5.41, 5.74) is 12.5. The number of H-pyrrole nitrogens is 2. The molecule has 3 aromatic heterocycles. The summed E-state index contributed by atoms with van der Waals surface area (Å²) in [5, 5.41) is 6.67. The number of benzene rings is 2. The van der Waals surface area contributed by atoms with Crippen LogP contribution in [0.3, 0.4) is 0 Å². The van der Waals surface area contributed by atoms with E-state index in [-0.39, 0.29) is 23.0 Å². The number of nitrogens with one attached hydrogen (secondary N) is 3. The van der Waals surface area contributed by atoms with E-state index in [2.05, 4.69) is 34.5 Å². The van der Waals surface area contributed by atoms with Gasteiger partial charge in [-0.15, -0.1) is 11.3 Å². The molecule has 0 radical (unpaired) electrons. The smallest absolute Gasteiger partial charge is 0.274 e. The maximum Gasteiger partial charge on any atom is 0.274 e. The SMILES string of the molecule is Cc1csc2c1C13C(=CC2=O)N(C(=O)c2cc4cc(NC(=O)c5cc6cc(N)ccc6[nH]5)ccc4[nH]2)CC1[C@@H]3C. The molecular weight excluding hydrogens is 522 g/mol. The monoisotopic (exact) mass is 547 g/mol. The van der Waals surface area contributed by atoms with E-state index in [4.69, 9.17) is 5.73 Å². The average molecular weight is 548 g/mol. The van der Waals surface area contributed by atoms with Gasteiger partial charge in [0.05, 0.1) is 4.88 Å². The Morgan fingerprint density at radius 2 is 1.77 bits per heavy atom. The van der Waals surface area contributed by atoms with Crippen LogP contribution in [-0.2, 0) is 5.41 Å². The molecule has 198 valence electrons. The van der Waals surface area contributed by atoms with Gasteiger partial charge >= 0.3 is 0 Å². The lowest BCUT2D eigenvalue weighted by Crippen LogP contribution is -2.35. The van der Waals surface area contributed by atoms with Gasteiger partial charge in [-0.1, -0.05) is 6.92 Å². The maximum absolute atomic E-state index is 13.8. The average Bonchev–Trinajstić information content (AvgIpc) is 3.51. The van der Waals surface area contributed by atoms with E-state index in [1.165, 1.54) is 11.3 Å². The van der Waals surface area contributed by atoms with Crippen molar-refractivity contribution >= 4 is 62.1 Å². The number of aryl methyl sites for hydroxylation is 1. The van der Waals surface area contributed by atoms with Crippen molar-refractivity contribution in [3.63, 3.8) is 0 Å². The first kappa shape index (κ1) is 23.3. The Labute approximate surface area is 232 Å². The van der Waals surface area contributed by atoms with Crippen LogP contribution in [0.15, 0.2) is 65.7 Å². The molecule has 1 saturated heterocycles. The first-order valence-electron chi connectivity index (χ1n) is 13.2. The van der Waals surface area contributed by atoms with Crippen LogP contribution in [0.2, 0.25) is 0 Å². The fraction of sp³-hybridized carbons (Fsp3) is 0.194. The van der Waals surface area contributed by atoms with E-state index < -0.39 is 0 Å². The molecule has 2 aromatic carbocycles. The highest BCUT2D eigenvalue weighted by molar-refractivity contribution is 7.12. The van der Waals surface area contributed by atoms with Gasteiger partial charge in [-0.3, -0.25) is 14.4 Å². The summed E-state index contributed by atoms with van der Waals surface area (Å²) in [4.78, 5) is 48.7. The van der Waals surface area contributed by atoms with E-state index in [1.54, 1.807) is 29.2 Å². The number of nitrogens with two attached hydrogens (primary N) is 1. The van der Waals surface area contributed by atoms with E-state index >= 15 is 0 Å². The third-order valence-electron chi connectivity index (χ3n) is 9.02. The zero-order valence-corrected chi connectivity index (χ0v) is 22.6. The molecule has 8 nitrogen and oxygen atoms in total. The van der Waals surface area contributed by atoms with Crippen LogP contribution in [-0.4, -0.2) is 39.0 Å². The number of hydrogen-bond acceptors (Lipinski definition) is 5. The van der Waals surface area contributed by atoms with Crippen molar-refractivity contribution in [1.29, 1.82) is 0 Å². The number of thiophene rings is 1. The number of nitrogen functional groups attached to an aromatic ring is 1. The fourth-order valence-corrected chi connectivity index (χ4v) is 8.13. The number of piperidine rings is 1. The molecule has 9 heteroatoms. The third-order valence-corrected chi connectivity index (χ3v) is 10.1. The normalized spacial score (nSPS) is 22.7. The summed E-state index contributed by atoms with van der Waals surface area (Å²) in [6.45, 7) is 4.89. The van der Waals surface area contributed by atoms with Crippen LogP contribution < -0.4 is 11.1 Å². The Morgan fingerprint density at radius 1 is 1.05 bits per heavy atom. The molecule has 8 rings (SSSR count). The topological polar surface area (TPSA) is 124 Å². The predicted octanol–water partition coefficient (Wildman–Crippen LogP) is 5.59. The highest BCUT2D eigenvalue weighted by atomic mass is 32.1. The number of allylic oxidation sites excluding steroid dienone is 2. The Kier molecular flexibility index (Phi) is 4.50. The second-order valence-corrected chi connectivity index (χ2v) is 12.0. The summed E-state index contributed by atoms with van der Waals surface area (Å²) in [5.74, 6) is 0.283. The van der Waals surface area contributed by atoms with Crippen molar-refractivity contribution in [3.05, 3.63) is 93.1 Å². The Morgan fingerprint density at radius 3 is 2.60 bits per heavy atom. The molecule has 2 fully saturated rings. The van der Waals surface area contributed by atoms with Crippen LogP contribution in [0.1, 0.15) is 48.7 Å². The second kappa shape index (κ2) is 7.73. The number of hydrogen-bond donors (Lipinski definition) is 4. The molecule has 5 N–H and O–H groups in total. The van der Waals surface area contributed by atoms with Crippen LogP contribution in [0.4, 0.5) is 11.4 Å². The summed E-state index contributed by atoms with van der Waals surface area (Å²) >= 11 is 1.51. The molecule has 2 unspecified atom stereocenters. The molecule has 1 aliphatic heterocycles. The molecule has 3 aliphatic rings. The van der Waals surface area contributed by atoms with Gasteiger partial charge in [-0.2, -0.15) is 0 Å². The molecule has 2 amide bonds. The van der Waals surface area contributed by atoms with Gasteiger partial charge in [0, 0.05) is 56.9 Å². The molecule has 1 saturated carbocycles. The number of amides is 2. The number of aromatic nitrogens is 2. The van der Waals surface area contributed by atoms with Crippen molar-refractivity contribution in [2.75, 3.05) is 17.6 Å². The Hall–Kier alpha value is -4.63. The zero-order valence-electron chi connectivity index (χ0n) is 21.8. The first-order chi connectivity index (χ1) is 19.3. The second-order valence-electron chi connectivity index (χ2n) is 11.2. The number of ketones is 1. The van der Waals surface area contributed by atoms with Crippen LogP contribution in [0.25, 0.3) is 21.8 Å². The van der Waals surface area contributed by atoms with Crippen LogP contribution in [0.5, 0.6) is 0 Å². The quantitative estimate of drug-likeness (QED) is 0.220. The molecule has 0 bridgehead atoms. The van der Waals surface area contributed by atoms with Gasteiger partial charge in [0.15, 0.2) is 5.78 Å². The number of anilines is 2. The third kappa shape index (κ3) is 2.98. The summed E-state index contributed by atoms with van der Waals surface area (Å²) in [6, 6.07) is 14.5. The number of aromatic amines is 2. The lowest BCUT2D eigenvalue weighted by atomic mass is 9.82. The van der Waals surface area contributed by atoms with Gasteiger partial charge in [0.2, 0.25) is 0 Å². The van der Waals surface area contributed by atoms with Crippen molar-refractivity contribution < 1.29 is 14.4 Å². The molecule has 5 aromatic rings. The summed E-state index contributed by atoms with van der Waals surface area (Å²) in [7, 11) is 0. The van der Waals surface area contributed by atoms with Gasteiger partial charge in [-0.25, -0.2) is 0 Å². The lowest BCUT2D eigenvalue weighted by molar-refractivity contribution is 0.0801. The number of nitrogens with zero attached hydrogens (tertiary/aromatic N) is 1. The molecule has 4 heterocycles. The largest absolute Gasteiger partial charge is 0.399 e.